The number of aromatic amines is 1. The van der Waals surface area contributed by atoms with E-state index in [1.807, 2.05) is 6.20 Å². The molecule has 2 aliphatic heterocycles. The summed E-state index contributed by atoms with van der Waals surface area (Å²) >= 11 is 1.61. The van der Waals surface area contributed by atoms with E-state index < -0.39 is 0 Å². The van der Waals surface area contributed by atoms with Crippen LogP contribution in [0, 0.1) is 0 Å². The van der Waals surface area contributed by atoms with Crippen LogP contribution < -0.4 is 5.32 Å². The Morgan fingerprint density at radius 1 is 1.48 bits per heavy atom. The van der Waals surface area contributed by atoms with Crippen LogP contribution in [0.2, 0.25) is 0 Å². The third kappa shape index (κ3) is 3.94. The standard InChI is InChI=1S/C19H26N4O3S/c1-25-9-5-21-18(24)17-10-15-16(27-17)2-8-26-19(15)3-6-23(7-4-19)12-14-11-20-13-22-14/h10-11,13H,2-9,12H2,1H3,(H,20,22)(H,21,24). The smallest absolute Gasteiger partial charge is 0.261 e. The highest BCUT2D eigenvalue weighted by Crippen LogP contribution is 2.44. The van der Waals surface area contributed by atoms with E-state index in [4.69, 9.17) is 9.47 Å². The Balaban J connectivity index is 1.44. The maximum absolute atomic E-state index is 12.4. The van der Waals surface area contributed by atoms with Crippen molar-refractivity contribution in [3.05, 3.63) is 39.6 Å². The lowest BCUT2D eigenvalue weighted by molar-refractivity contribution is -0.0981. The van der Waals surface area contributed by atoms with Crippen molar-refractivity contribution >= 4 is 17.2 Å². The van der Waals surface area contributed by atoms with Crippen molar-refractivity contribution in [2.45, 2.75) is 31.4 Å². The molecule has 8 heteroatoms. The molecule has 27 heavy (non-hydrogen) atoms. The summed E-state index contributed by atoms with van der Waals surface area (Å²) in [5.74, 6) is -0.0155. The lowest BCUT2D eigenvalue weighted by atomic mass is 9.82. The number of rotatable bonds is 6. The van der Waals surface area contributed by atoms with Crippen molar-refractivity contribution in [1.82, 2.24) is 20.2 Å². The van der Waals surface area contributed by atoms with Crippen LogP contribution in [0.3, 0.4) is 0 Å². The van der Waals surface area contributed by atoms with Gasteiger partial charge in [-0.15, -0.1) is 11.3 Å². The van der Waals surface area contributed by atoms with Crippen LogP contribution in [-0.2, 0) is 28.0 Å². The molecule has 0 radical (unpaired) electrons. The Kier molecular flexibility index (Phi) is 5.58. The molecule has 2 aromatic heterocycles. The predicted octanol–water partition coefficient (Wildman–Crippen LogP) is 1.91. The number of carbonyl (C=O) groups is 1. The Labute approximate surface area is 163 Å². The van der Waals surface area contributed by atoms with E-state index in [1.165, 1.54) is 10.4 Å². The summed E-state index contributed by atoms with van der Waals surface area (Å²) < 4.78 is 11.3. The molecule has 4 heterocycles. The van der Waals surface area contributed by atoms with Gasteiger partial charge in [-0.25, -0.2) is 4.98 Å². The summed E-state index contributed by atoms with van der Waals surface area (Å²) in [6.45, 7) is 4.63. The number of likely N-dealkylation sites (tertiary alicyclic amines) is 1. The maximum atomic E-state index is 12.4. The Morgan fingerprint density at radius 2 is 2.33 bits per heavy atom. The van der Waals surface area contributed by atoms with Gasteiger partial charge < -0.3 is 19.8 Å². The van der Waals surface area contributed by atoms with Gasteiger partial charge in [0.25, 0.3) is 5.91 Å². The van der Waals surface area contributed by atoms with Crippen LogP contribution in [-0.4, -0.2) is 60.7 Å². The fourth-order valence-electron chi connectivity index (χ4n) is 3.98. The first-order chi connectivity index (χ1) is 13.2. The third-order valence-electron chi connectivity index (χ3n) is 5.44. The first-order valence-electron chi connectivity index (χ1n) is 9.44. The van der Waals surface area contributed by atoms with Gasteiger partial charge in [-0.3, -0.25) is 9.69 Å². The third-order valence-corrected chi connectivity index (χ3v) is 6.63. The number of imidazole rings is 1. The molecule has 2 aliphatic rings. The van der Waals surface area contributed by atoms with Gasteiger partial charge >= 0.3 is 0 Å². The van der Waals surface area contributed by atoms with E-state index in [9.17, 15) is 4.79 Å². The monoisotopic (exact) mass is 390 g/mol. The lowest BCUT2D eigenvalue weighted by Crippen LogP contribution is -2.45. The van der Waals surface area contributed by atoms with E-state index >= 15 is 0 Å². The van der Waals surface area contributed by atoms with E-state index in [1.54, 1.807) is 24.8 Å². The highest BCUT2D eigenvalue weighted by Gasteiger charge is 2.42. The average molecular weight is 391 g/mol. The molecule has 0 aliphatic carbocycles. The molecule has 4 rings (SSSR count). The minimum atomic E-state index is -0.236. The SMILES string of the molecule is COCCNC(=O)c1cc2c(s1)CCOC21CCN(Cc2cnc[nH]2)CC1. The number of piperidine rings is 1. The minimum Gasteiger partial charge on any atom is -0.383 e. The summed E-state index contributed by atoms with van der Waals surface area (Å²) in [7, 11) is 1.63. The van der Waals surface area contributed by atoms with Crippen LogP contribution in [0.15, 0.2) is 18.6 Å². The number of aromatic nitrogens is 2. The molecule has 7 nitrogen and oxygen atoms in total. The largest absolute Gasteiger partial charge is 0.383 e. The summed E-state index contributed by atoms with van der Waals surface area (Å²) in [6, 6.07) is 2.06. The zero-order valence-electron chi connectivity index (χ0n) is 15.6. The maximum Gasteiger partial charge on any atom is 0.261 e. The Morgan fingerprint density at radius 3 is 3.07 bits per heavy atom. The first-order valence-corrected chi connectivity index (χ1v) is 10.3. The fourth-order valence-corrected chi connectivity index (χ4v) is 5.13. The molecular formula is C19H26N4O3S. The Bertz CT molecular complexity index is 766. The van der Waals surface area contributed by atoms with Crippen molar-refractivity contribution < 1.29 is 14.3 Å². The molecule has 1 amide bonds. The van der Waals surface area contributed by atoms with Gasteiger partial charge in [-0.05, 0) is 24.5 Å². The van der Waals surface area contributed by atoms with Crippen LogP contribution in [0.4, 0.5) is 0 Å². The summed E-state index contributed by atoms with van der Waals surface area (Å²) in [6.07, 6.45) is 6.41. The fraction of sp³-hybridized carbons (Fsp3) is 0.579. The van der Waals surface area contributed by atoms with Crippen molar-refractivity contribution in [3.63, 3.8) is 0 Å². The zero-order chi connectivity index (χ0) is 18.7. The number of fused-ring (bicyclic) bond motifs is 2. The molecule has 1 spiro atoms. The zero-order valence-corrected chi connectivity index (χ0v) is 16.4. The van der Waals surface area contributed by atoms with Gasteiger partial charge in [0.2, 0.25) is 0 Å². The van der Waals surface area contributed by atoms with Gasteiger partial charge in [0, 0.05) is 56.5 Å². The molecule has 0 unspecified atom stereocenters. The quantitative estimate of drug-likeness (QED) is 0.737. The molecule has 1 fully saturated rings. The van der Waals surface area contributed by atoms with E-state index in [2.05, 4.69) is 26.3 Å². The first kappa shape index (κ1) is 18.6. The van der Waals surface area contributed by atoms with Crippen LogP contribution in [0.1, 0.15) is 38.6 Å². The van der Waals surface area contributed by atoms with Gasteiger partial charge in [-0.1, -0.05) is 0 Å². The molecule has 1 saturated heterocycles. The van der Waals surface area contributed by atoms with E-state index in [0.717, 1.165) is 56.1 Å². The second-order valence-corrected chi connectivity index (χ2v) is 8.28. The lowest BCUT2D eigenvalue weighted by Gasteiger charge is -2.44. The number of nitrogens with one attached hydrogen (secondary N) is 2. The van der Waals surface area contributed by atoms with Gasteiger partial charge in [-0.2, -0.15) is 0 Å². The number of ether oxygens (including phenoxy) is 2. The summed E-state index contributed by atoms with van der Waals surface area (Å²) in [5.41, 5.74) is 2.14. The number of hydrogen-bond acceptors (Lipinski definition) is 6. The highest BCUT2D eigenvalue weighted by atomic mass is 32.1. The van der Waals surface area contributed by atoms with Crippen LogP contribution in [0.5, 0.6) is 0 Å². The topological polar surface area (TPSA) is 79.5 Å². The average Bonchev–Trinajstić information content (AvgIpc) is 3.34. The van der Waals surface area contributed by atoms with E-state index in [0.29, 0.717) is 13.2 Å². The number of H-pyrrole nitrogens is 1. The van der Waals surface area contributed by atoms with Crippen LogP contribution in [0.25, 0.3) is 0 Å². The second-order valence-electron chi connectivity index (χ2n) is 7.14. The highest BCUT2D eigenvalue weighted by molar-refractivity contribution is 7.14. The van der Waals surface area contributed by atoms with Crippen molar-refractivity contribution in [2.75, 3.05) is 40.0 Å². The molecule has 0 saturated carbocycles. The summed E-state index contributed by atoms with van der Waals surface area (Å²) in [5, 5.41) is 2.92. The number of nitrogens with zero attached hydrogens (tertiary/aromatic N) is 2. The van der Waals surface area contributed by atoms with Gasteiger partial charge in [0.1, 0.15) is 0 Å². The minimum absolute atomic E-state index is 0.0155. The number of amides is 1. The Hall–Kier alpha value is -1.74. The molecule has 0 atom stereocenters. The van der Waals surface area contributed by atoms with Crippen molar-refractivity contribution in [2.24, 2.45) is 0 Å². The molecule has 2 N–H and O–H groups in total. The molecule has 2 aromatic rings. The van der Waals surface area contributed by atoms with Gasteiger partial charge in [0.05, 0.1) is 30.0 Å². The molecule has 0 aromatic carbocycles. The number of methoxy groups -OCH3 is 1. The van der Waals surface area contributed by atoms with Gasteiger partial charge in [0.15, 0.2) is 0 Å². The predicted molar refractivity (Wildman–Crippen MR) is 103 cm³/mol. The second kappa shape index (κ2) is 8.10. The van der Waals surface area contributed by atoms with Crippen molar-refractivity contribution in [3.8, 4) is 0 Å². The normalized spacial score (nSPS) is 19.1. The van der Waals surface area contributed by atoms with Crippen LogP contribution >= 0.6 is 11.3 Å². The molecular weight excluding hydrogens is 364 g/mol. The molecule has 146 valence electrons. The van der Waals surface area contributed by atoms with Crippen molar-refractivity contribution in [1.29, 1.82) is 0 Å². The summed E-state index contributed by atoms with van der Waals surface area (Å²) in [4.78, 5) is 24.2. The number of thiophene rings is 1. The number of hydrogen-bond donors (Lipinski definition) is 2. The molecule has 0 bridgehead atoms. The number of carbonyl (C=O) groups excluding carboxylic acids is 1. The van der Waals surface area contributed by atoms with E-state index in [-0.39, 0.29) is 11.5 Å².